The molecule has 0 bridgehead atoms. The van der Waals surface area contributed by atoms with Crippen LogP contribution in [0.2, 0.25) is 0 Å². The molecule has 0 aliphatic rings. The number of hydrogen-bond acceptors (Lipinski definition) is 2. The smallest absolute Gasteiger partial charge is 0.356 e. The third kappa shape index (κ3) is 12.7. The SMILES string of the molecule is O=C(O)C(Cl)(Cl)Cl.O=C(O)CCl. The number of rotatable bonds is 1. The van der Waals surface area contributed by atoms with Crippen LogP contribution < -0.4 is 0 Å². The largest absolute Gasteiger partial charge is 0.480 e. The van der Waals surface area contributed by atoms with Crippen molar-refractivity contribution in [2.24, 2.45) is 0 Å². The number of carboxylic acids is 2. The molecule has 12 heavy (non-hydrogen) atoms. The number of halogens is 4. The minimum Gasteiger partial charge on any atom is -0.480 e. The third-order valence-corrected chi connectivity index (χ3v) is 1.07. The van der Waals surface area contributed by atoms with E-state index < -0.39 is 15.7 Å². The number of alkyl halides is 4. The molecule has 0 aromatic rings. The van der Waals surface area contributed by atoms with Crippen molar-refractivity contribution >= 4 is 58.3 Å². The van der Waals surface area contributed by atoms with Crippen molar-refractivity contribution in [2.75, 3.05) is 5.88 Å². The van der Waals surface area contributed by atoms with Crippen LogP contribution in [0.15, 0.2) is 0 Å². The van der Waals surface area contributed by atoms with E-state index in [1.54, 1.807) is 0 Å². The summed E-state index contributed by atoms with van der Waals surface area (Å²) in [6, 6.07) is 0. The number of carbonyl (C=O) groups is 2. The first-order valence-electron chi connectivity index (χ1n) is 2.29. The highest BCUT2D eigenvalue weighted by molar-refractivity contribution is 6.75. The molecule has 0 aliphatic carbocycles. The molecule has 0 atom stereocenters. The fourth-order valence-corrected chi connectivity index (χ4v) is 0. The fourth-order valence-electron chi connectivity index (χ4n) is 0. The third-order valence-electron chi connectivity index (χ3n) is 0.357. The van der Waals surface area contributed by atoms with Crippen molar-refractivity contribution < 1.29 is 19.8 Å². The molecule has 0 aromatic heterocycles. The molecule has 0 saturated carbocycles. The van der Waals surface area contributed by atoms with E-state index in [-0.39, 0.29) is 5.88 Å². The molecule has 0 heterocycles. The molecule has 0 amide bonds. The molecule has 0 saturated heterocycles. The van der Waals surface area contributed by atoms with Crippen LogP contribution in [0, 0.1) is 0 Å². The minimum absolute atomic E-state index is 0.306. The van der Waals surface area contributed by atoms with Gasteiger partial charge < -0.3 is 10.2 Å². The molecule has 72 valence electrons. The second-order valence-electron chi connectivity index (χ2n) is 1.33. The Kier molecular flexibility index (Phi) is 8.04. The summed E-state index contributed by atoms with van der Waals surface area (Å²) in [6.45, 7) is 0. The van der Waals surface area contributed by atoms with Gasteiger partial charge in [-0.25, -0.2) is 4.79 Å². The van der Waals surface area contributed by atoms with Gasteiger partial charge in [-0.15, -0.1) is 11.6 Å². The Morgan fingerprint density at radius 1 is 1.17 bits per heavy atom. The van der Waals surface area contributed by atoms with Crippen molar-refractivity contribution in [1.82, 2.24) is 0 Å². The van der Waals surface area contributed by atoms with Crippen LogP contribution in [0.3, 0.4) is 0 Å². The number of hydrogen-bond donors (Lipinski definition) is 2. The Labute approximate surface area is 88.0 Å². The molecule has 0 aromatic carbocycles. The summed E-state index contributed by atoms with van der Waals surface area (Å²) in [5.74, 6) is -2.75. The van der Waals surface area contributed by atoms with Crippen molar-refractivity contribution in [3.05, 3.63) is 0 Å². The fraction of sp³-hybridized carbons (Fsp3) is 0.500. The highest BCUT2D eigenvalue weighted by Crippen LogP contribution is 2.25. The van der Waals surface area contributed by atoms with E-state index in [1.807, 2.05) is 0 Å². The Bertz CT molecular complexity index is 163. The molecular weight excluding hydrogens is 254 g/mol. The van der Waals surface area contributed by atoms with E-state index in [4.69, 9.17) is 56.6 Å². The molecule has 0 rings (SSSR count). The van der Waals surface area contributed by atoms with Crippen LogP contribution in [0.5, 0.6) is 0 Å². The average molecular weight is 258 g/mol. The molecule has 2 N–H and O–H groups in total. The lowest BCUT2D eigenvalue weighted by Crippen LogP contribution is -2.16. The average Bonchev–Trinajstić information content (AvgIpc) is 1.87. The molecule has 0 aliphatic heterocycles. The molecular formula is C4H4Cl4O4. The molecule has 4 nitrogen and oxygen atoms in total. The van der Waals surface area contributed by atoms with Crippen molar-refractivity contribution in [3.63, 3.8) is 0 Å². The first-order valence-corrected chi connectivity index (χ1v) is 3.96. The van der Waals surface area contributed by atoms with Gasteiger partial charge in [0, 0.05) is 0 Å². The lowest BCUT2D eigenvalue weighted by molar-refractivity contribution is -0.136. The van der Waals surface area contributed by atoms with Crippen LogP contribution in [-0.4, -0.2) is 31.8 Å². The Morgan fingerprint density at radius 2 is 1.33 bits per heavy atom. The second-order valence-corrected chi connectivity index (χ2v) is 3.88. The maximum Gasteiger partial charge on any atom is 0.356 e. The van der Waals surface area contributed by atoms with E-state index >= 15 is 0 Å². The molecule has 0 radical (unpaired) electrons. The van der Waals surface area contributed by atoms with E-state index in [0.717, 1.165) is 0 Å². The molecule has 8 heteroatoms. The summed E-state index contributed by atoms with van der Waals surface area (Å²) >= 11 is 19.1. The van der Waals surface area contributed by atoms with Crippen LogP contribution in [0.1, 0.15) is 0 Å². The van der Waals surface area contributed by atoms with Crippen molar-refractivity contribution in [2.45, 2.75) is 3.79 Å². The van der Waals surface area contributed by atoms with E-state index in [2.05, 4.69) is 0 Å². The van der Waals surface area contributed by atoms with Crippen molar-refractivity contribution in [1.29, 1.82) is 0 Å². The summed E-state index contributed by atoms with van der Waals surface area (Å²) in [5, 5.41) is 15.4. The van der Waals surface area contributed by atoms with E-state index in [9.17, 15) is 9.59 Å². The predicted octanol–water partition coefficient (Wildman–Crippen LogP) is 1.75. The van der Waals surface area contributed by atoms with E-state index in [0.29, 0.717) is 0 Å². The van der Waals surface area contributed by atoms with Gasteiger partial charge in [-0.3, -0.25) is 4.79 Å². The van der Waals surface area contributed by atoms with E-state index in [1.165, 1.54) is 0 Å². The molecule has 0 unspecified atom stereocenters. The van der Waals surface area contributed by atoms with Gasteiger partial charge in [-0.05, 0) is 0 Å². The maximum atomic E-state index is 9.62. The van der Waals surface area contributed by atoms with Gasteiger partial charge in [-0.2, -0.15) is 0 Å². The Balaban J connectivity index is 0. The predicted molar refractivity (Wildman–Crippen MR) is 46.3 cm³/mol. The highest BCUT2D eigenvalue weighted by atomic mass is 35.6. The Morgan fingerprint density at radius 3 is 1.33 bits per heavy atom. The van der Waals surface area contributed by atoms with Crippen LogP contribution in [-0.2, 0) is 9.59 Å². The number of aliphatic carboxylic acids is 2. The van der Waals surface area contributed by atoms with Gasteiger partial charge in [0.05, 0.1) is 0 Å². The first kappa shape index (κ1) is 14.6. The molecule has 0 fully saturated rings. The quantitative estimate of drug-likeness (QED) is 0.702. The van der Waals surface area contributed by atoms with Gasteiger partial charge in [0.2, 0.25) is 0 Å². The zero-order chi connectivity index (χ0) is 10.4. The lowest BCUT2D eigenvalue weighted by Gasteiger charge is -1.99. The lowest BCUT2D eigenvalue weighted by atomic mass is 10.8. The molecule has 0 spiro atoms. The summed E-state index contributed by atoms with van der Waals surface area (Å²) in [5.41, 5.74) is 0. The zero-order valence-corrected chi connectivity index (χ0v) is 8.45. The van der Waals surface area contributed by atoms with Gasteiger partial charge in [0.25, 0.3) is 3.79 Å². The van der Waals surface area contributed by atoms with Crippen LogP contribution in [0.25, 0.3) is 0 Å². The first-order chi connectivity index (χ1) is 5.21. The number of carboxylic acid groups (broad SMARTS) is 2. The zero-order valence-electron chi connectivity index (χ0n) is 5.43. The summed E-state index contributed by atoms with van der Waals surface area (Å²) in [4.78, 5) is 18.9. The highest BCUT2D eigenvalue weighted by Gasteiger charge is 2.29. The normalized spacial score (nSPS) is 9.67. The summed E-state index contributed by atoms with van der Waals surface area (Å²) in [6.07, 6.45) is 0. The van der Waals surface area contributed by atoms with Gasteiger partial charge in [0.15, 0.2) is 0 Å². The Hall–Kier alpha value is 0.1000. The topological polar surface area (TPSA) is 74.6 Å². The summed E-state index contributed by atoms with van der Waals surface area (Å²) < 4.78 is -2.17. The summed E-state index contributed by atoms with van der Waals surface area (Å²) in [7, 11) is 0. The monoisotopic (exact) mass is 256 g/mol. The van der Waals surface area contributed by atoms with Gasteiger partial charge in [0.1, 0.15) is 5.88 Å². The van der Waals surface area contributed by atoms with Crippen LogP contribution >= 0.6 is 46.4 Å². The maximum absolute atomic E-state index is 9.62. The minimum atomic E-state index is -2.17. The second kappa shape index (κ2) is 6.60. The van der Waals surface area contributed by atoms with Gasteiger partial charge >= 0.3 is 11.9 Å². The standard InChI is InChI=1S/C2HCl3O2.C2H3ClO2/c3-2(4,5)1(6)7;3-1-2(4)5/h(H,6,7);1H2,(H,4,5). The van der Waals surface area contributed by atoms with Crippen LogP contribution in [0.4, 0.5) is 0 Å². The van der Waals surface area contributed by atoms with Crippen molar-refractivity contribution in [3.8, 4) is 0 Å². The van der Waals surface area contributed by atoms with Gasteiger partial charge in [-0.1, -0.05) is 34.8 Å².